The minimum atomic E-state index is -1.63. The van der Waals surface area contributed by atoms with Gasteiger partial charge in [-0.25, -0.2) is 9.78 Å². The van der Waals surface area contributed by atoms with Crippen LogP contribution in [0.3, 0.4) is 0 Å². The number of nitrogens with one attached hydrogen (secondary N) is 4. The van der Waals surface area contributed by atoms with Gasteiger partial charge in [-0.3, -0.25) is 19.2 Å². The molecule has 0 radical (unpaired) electrons. The number of nitrogens with zero attached hydrogens (tertiary/aromatic N) is 1. The van der Waals surface area contributed by atoms with Crippen LogP contribution in [0.25, 0.3) is 0 Å². The van der Waals surface area contributed by atoms with Gasteiger partial charge in [0.05, 0.1) is 19.0 Å². The van der Waals surface area contributed by atoms with Gasteiger partial charge in [0.25, 0.3) is 0 Å². The molecule has 1 rings (SSSR count). The normalized spacial score (nSPS) is 14.3. The molecule has 34 heavy (non-hydrogen) atoms. The first-order valence-electron chi connectivity index (χ1n) is 10.3. The molecule has 0 fully saturated rings. The number of aliphatic carboxylic acids is 2. The van der Waals surface area contributed by atoms with Crippen molar-refractivity contribution in [2.24, 2.45) is 5.73 Å². The average molecular weight is 503 g/mol. The number of aliphatic hydroxyl groups is 1. The molecular formula is C19H30N6O8S. The molecule has 0 aromatic carbocycles. The fourth-order valence-electron chi connectivity index (χ4n) is 2.78. The number of thioether (sulfide) groups is 1. The summed E-state index contributed by atoms with van der Waals surface area (Å²) in [5.41, 5.74) is 6.53. The first-order chi connectivity index (χ1) is 16.1. The molecule has 0 saturated carbocycles. The number of hydrogen-bond acceptors (Lipinski definition) is 9. The number of carbonyl (C=O) groups excluding carboxylic acids is 3. The molecule has 15 heteroatoms. The van der Waals surface area contributed by atoms with E-state index in [1.807, 2.05) is 5.32 Å². The summed E-state index contributed by atoms with van der Waals surface area (Å²) in [7, 11) is 0. The topological polar surface area (TPSA) is 237 Å². The minimum absolute atomic E-state index is 0.143. The number of hydrogen-bond donors (Lipinski definition) is 8. The molecule has 4 unspecified atom stereocenters. The zero-order valence-corrected chi connectivity index (χ0v) is 19.3. The maximum Gasteiger partial charge on any atom is 0.328 e. The van der Waals surface area contributed by atoms with Gasteiger partial charge in [-0.05, 0) is 24.9 Å². The molecule has 14 nitrogen and oxygen atoms in total. The predicted octanol–water partition coefficient (Wildman–Crippen LogP) is -2.57. The van der Waals surface area contributed by atoms with Crippen molar-refractivity contribution in [1.82, 2.24) is 25.9 Å². The number of imidazole rings is 1. The highest BCUT2D eigenvalue weighted by molar-refractivity contribution is 7.98. The van der Waals surface area contributed by atoms with E-state index >= 15 is 0 Å². The van der Waals surface area contributed by atoms with Crippen molar-refractivity contribution < 1.29 is 39.3 Å². The number of H-pyrrole nitrogens is 1. The van der Waals surface area contributed by atoms with Crippen LogP contribution < -0.4 is 21.7 Å². The van der Waals surface area contributed by atoms with Crippen LogP contribution in [0.2, 0.25) is 0 Å². The van der Waals surface area contributed by atoms with Crippen molar-refractivity contribution in [1.29, 1.82) is 0 Å². The summed E-state index contributed by atoms with van der Waals surface area (Å²) in [6.45, 7) is -0.901. The van der Waals surface area contributed by atoms with E-state index in [4.69, 9.17) is 21.1 Å². The second-order valence-electron chi connectivity index (χ2n) is 7.31. The number of rotatable bonds is 16. The van der Waals surface area contributed by atoms with Crippen LogP contribution in [0.5, 0.6) is 0 Å². The number of aromatic nitrogens is 2. The van der Waals surface area contributed by atoms with Crippen molar-refractivity contribution in [3.05, 3.63) is 18.2 Å². The van der Waals surface area contributed by atoms with E-state index in [9.17, 15) is 24.0 Å². The van der Waals surface area contributed by atoms with Gasteiger partial charge in [0.15, 0.2) is 0 Å². The lowest BCUT2D eigenvalue weighted by Gasteiger charge is -2.24. The SMILES string of the molecule is CSCCC(NC(=O)C(N)Cc1cnc[nH]1)C(=O)NC(CCC(=O)O)C(=O)NC(CO)C(=O)O. The molecule has 4 atom stereocenters. The molecule has 1 heterocycles. The van der Waals surface area contributed by atoms with Crippen molar-refractivity contribution in [2.45, 2.75) is 49.9 Å². The molecule has 0 saturated heterocycles. The maximum absolute atomic E-state index is 12.9. The molecule has 0 bridgehead atoms. The fourth-order valence-corrected chi connectivity index (χ4v) is 3.25. The van der Waals surface area contributed by atoms with Gasteiger partial charge < -0.3 is 42.0 Å². The van der Waals surface area contributed by atoms with Crippen LogP contribution in [0, 0.1) is 0 Å². The van der Waals surface area contributed by atoms with E-state index in [1.165, 1.54) is 24.3 Å². The summed E-state index contributed by atoms with van der Waals surface area (Å²) >= 11 is 1.41. The van der Waals surface area contributed by atoms with Crippen LogP contribution in [-0.2, 0) is 30.4 Å². The summed E-state index contributed by atoms with van der Waals surface area (Å²) in [6, 6.07) is -5.12. The van der Waals surface area contributed by atoms with Gasteiger partial charge >= 0.3 is 11.9 Å². The third kappa shape index (κ3) is 10.2. The second-order valence-corrected chi connectivity index (χ2v) is 8.29. The molecule has 0 aliphatic rings. The van der Waals surface area contributed by atoms with E-state index in [2.05, 4.69) is 20.6 Å². The molecular weight excluding hydrogens is 472 g/mol. The number of carbonyl (C=O) groups is 5. The summed E-state index contributed by atoms with van der Waals surface area (Å²) in [5, 5.41) is 34.0. The summed E-state index contributed by atoms with van der Waals surface area (Å²) in [4.78, 5) is 66.6. The Hall–Kier alpha value is -3.17. The number of amides is 3. The van der Waals surface area contributed by atoms with Crippen molar-refractivity contribution >= 4 is 41.4 Å². The van der Waals surface area contributed by atoms with Crippen molar-refractivity contribution in [3.8, 4) is 0 Å². The maximum atomic E-state index is 12.9. The van der Waals surface area contributed by atoms with E-state index < -0.39 is 66.9 Å². The highest BCUT2D eigenvalue weighted by Crippen LogP contribution is 2.06. The van der Waals surface area contributed by atoms with Gasteiger partial charge in [0.1, 0.15) is 18.1 Å². The quantitative estimate of drug-likeness (QED) is 0.117. The molecule has 9 N–H and O–H groups in total. The van der Waals surface area contributed by atoms with Crippen LogP contribution >= 0.6 is 11.8 Å². The Balaban J connectivity index is 2.91. The predicted molar refractivity (Wildman–Crippen MR) is 121 cm³/mol. The Morgan fingerprint density at radius 3 is 2.12 bits per heavy atom. The smallest absolute Gasteiger partial charge is 0.328 e. The Morgan fingerprint density at radius 1 is 1.03 bits per heavy atom. The number of carboxylic acids is 2. The number of carboxylic acid groups (broad SMARTS) is 2. The van der Waals surface area contributed by atoms with Gasteiger partial charge in [-0.2, -0.15) is 11.8 Å². The van der Waals surface area contributed by atoms with Crippen LogP contribution in [-0.4, -0.2) is 97.7 Å². The molecule has 0 aliphatic heterocycles. The lowest BCUT2D eigenvalue weighted by molar-refractivity contribution is -0.144. The fraction of sp³-hybridized carbons (Fsp3) is 0.579. The highest BCUT2D eigenvalue weighted by Gasteiger charge is 2.30. The number of nitrogens with two attached hydrogens (primary N) is 1. The zero-order valence-electron chi connectivity index (χ0n) is 18.5. The van der Waals surface area contributed by atoms with Gasteiger partial charge in [0, 0.05) is 24.7 Å². The van der Waals surface area contributed by atoms with Crippen LogP contribution in [0.15, 0.2) is 12.5 Å². The lowest BCUT2D eigenvalue weighted by Crippen LogP contribution is -2.57. The minimum Gasteiger partial charge on any atom is -0.481 e. The van der Waals surface area contributed by atoms with Crippen LogP contribution in [0.4, 0.5) is 0 Å². The standard InChI is InChI=1S/C19H30N6O8S/c1-34-5-4-13(23-16(29)11(20)6-10-7-21-9-22-10)18(31)24-12(2-3-15(27)28)17(30)25-14(8-26)19(32)33/h7,9,11-14,26H,2-6,8,20H2,1H3,(H,21,22)(H,23,29)(H,24,31)(H,25,30)(H,27,28)(H,32,33). The molecule has 3 amide bonds. The Kier molecular flexibility index (Phi) is 12.6. The van der Waals surface area contributed by atoms with E-state index in [1.54, 1.807) is 6.26 Å². The number of aliphatic hydroxyl groups excluding tert-OH is 1. The third-order valence-corrected chi connectivity index (χ3v) is 5.30. The summed E-state index contributed by atoms with van der Waals surface area (Å²) in [5.74, 6) is -4.63. The lowest BCUT2D eigenvalue weighted by atomic mass is 10.1. The van der Waals surface area contributed by atoms with Gasteiger partial charge in [-0.15, -0.1) is 0 Å². The number of aromatic amines is 1. The summed E-state index contributed by atoms with van der Waals surface area (Å²) in [6.07, 6.45) is 4.24. The monoisotopic (exact) mass is 502 g/mol. The molecule has 1 aromatic heterocycles. The Morgan fingerprint density at radius 2 is 1.62 bits per heavy atom. The first-order valence-corrected chi connectivity index (χ1v) is 11.7. The van der Waals surface area contributed by atoms with Crippen molar-refractivity contribution in [3.63, 3.8) is 0 Å². The molecule has 0 aliphatic carbocycles. The molecule has 190 valence electrons. The van der Waals surface area contributed by atoms with E-state index in [0.29, 0.717) is 11.4 Å². The van der Waals surface area contributed by atoms with Gasteiger partial charge in [0.2, 0.25) is 17.7 Å². The summed E-state index contributed by atoms with van der Waals surface area (Å²) < 4.78 is 0. The third-order valence-electron chi connectivity index (χ3n) is 4.65. The largest absolute Gasteiger partial charge is 0.481 e. The van der Waals surface area contributed by atoms with E-state index in [0.717, 1.165) is 0 Å². The average Bonchev–Trinajstić information content (AvgIpc) is 3.29. The van der Waals surface area contributed by atoms with Crippen molar-refractivity contribution in [2.75, 3.05) is 18.6 Å². The zero-order chi connectivity index (χ0) is 25.7. The van der Waals surface area contributed by atoms with Crippen LogP contribution in [0.1, 0.15) is 25.0 Å². The molecule has 0 spiro atoms. The van der Waals surface area contributed by atoms with Gasteiger partial charge in [-0.1, -0.05) is 0 Å². The first kappa shape index (κ1) is 28.9. The van der Waals surface area contributed by atoms with E-state index in [-0.39, 0.29) is 19.3 Å². The Labute approximate surface area is 199 Å². The molecule has 1 aromatic rings. The second kappa shape index (κ2) is 14.9. The highest BCUT2D eigenvalue weighted by atomic mass is 32.2. The Bertz CT molecular complexity index is 837.